The van der Waals surface area contributed by atoms with Crippen LogP contribution in [0, 0.1) is 0 Å². The van der Waals surface area contributed by atoms with Crippen LogP contribution in [0.1, 0.15) is 5.56 Å². The van der Waals surface area contributed by atoms with Gasteiger partial charge in [0, 0.05) is 17.4 Å². The van der Waals surface area contributed by atoms with Crippen molar-refractivity contribution in [1.82, 2.24) is 4.98 Å². The Labute approximate surface area is 101 Å². The molecule has 0 saturated carbocycles. The third-order valence-electron chi connectivity index (χ3n) is 2.92. The lowest BCUT2D eigenvalue weighted by atomic mass is 10.1. The maximum atomic E-state index is 9.88. The summed E-state index contributed by atoms with van der Waals surface area (Å²) >= 11 is 0. The molecule has 0 spiro atoms. The van der Waals surface area contributed by atoms with Crippen LogP contribution in [0.2, 0.25) is 0 Å². The number of aromatic hydroxyl groups is 2. The molecule has 17 heavy (non-hydrogen) atoms. The number of phenolic OH excluding ortho intramolecular Hbond substituents is 1. The second kappa shape index (κ2) is 3.96. The highest BCUT2D eigenvalue weighted by Crippen LogP contribution is 2.33. The number of H-pyrrole nitrogens is 1. The Morgan fingerprint density at radius 1 is 1.18 bits per heavy atom. The summed E-state index contributed by atoms with van der Waals surface area (Å²) in [5.41, 5.74) is 1.57. The molecule has 0 aliphatic rings. The Bertz CT molecular complexity index is 538. The molecule has 0 unspecified atom stereocenters. The van der Waals surface area contributed by atoms with Gasteiger partial charge in [0.2, 0.25) is 0 Å². The van der Waals surface area contributed by atoms with Crippen LogP contribution in [-0.4, -0.2) is 47.4 Å². The van der Waals surface area contributed by atoms with Gasteiger partial charge in [0.05, 0.1) is 33.2 Å². The second-order valence-electron chi connectivity index (χ2n) is 5.42. The molecule has 92 valence electrons. The number of nitrogens with zero attached hydrogens (tertiary/aromatic N) is 1. The van der Waals surface area contributed by atoms with Crippen molar-refractivity contribution in [1.29, 1.82) is 0 Å². The number of hydrogen-bond acceptors (Lipinski definition) is 2. The number of rotatable bonds is 3. The zero-order valence-corrected chi connectivity index (χ0v) is 10.5. The average Bonchev–Trinajstić information content (AvgIpc) is 2.51. The molecule has 2 rings (SSSR count). The summed E-state index contributed by atoms with van der Waals surface area (Å²) in [5.74, 6) is 0.380. The standard InChI is InChI=1S/C13H18N2O2/c1-15(2,3)8-7-9-12-10(14-13(9)17)5-4-6-11(12)16/h4-6,14H,7-8H2,1-3H3,(H-,16,17)/p+1. The monoisotopic (exact) mass is 235 g/mol. The van der Waals surface area contributed by atoms with Gasteiger partial charge >= 0.3 is 0 Å². The Hall–Kier alpha value is -1.68. The van der Waals surface area contributed by atoms with Crippen molar-refractivity contribution in [2.75, 3.05) is 27.7 Å². The molecule has 2 aromatic rings. The van der Waals surface area contributed by atoms with Crippen molar-refractivity contribution < 1.29 is 14.7 Å². The van der Waals surface area contributed by atoms with E-state index in [1.165, 1.54) is 0 Å². The zero-order chi connectivity index (χ0) is 12.6. The van der Waals surface area contributed by atoms with Crippen molar-refractivity contribution >= 4 is 10.9 Å². The fraction of sp³-hybridized carbons (Fsp3) is 0.385. The molecule has 0 bridgehead atoms. The van der Waals surface area contributed by atoms with E-state index in [2.05, 4.69) is 26.1 Å². The van der Waals surface area contributed by atoms with Crippen LogP contribution >= 0.6 is 0 Å². The van der Waals surface area contributed by atoms with Crippen LogP contribution < -0.4 is 0 Å². The molecule has 1 aromatic heterocycles. The third-order valence-corrected chi connectivity index (χ3v) is 2.92. The molecule has 1 heterocycles. The number of aromatic nitrogens is 1. The third kappa shape index (κ3) is 2.36. The van der Waals surface area contributed by atoms with Crippen LogP contribution in [0.25, 0.3) is 10.9 Å². The first-order chi connectivity index (χ1) is 7.88. The summed E-state index contributed by atoms with van der Waals surface area (Å²) in [5, 5.41) is 20.5. The molecule has 0 amide bonds. The lowest BCUT2D eigenvalue weighted by Gasteiger charge is -2.23. The van der Waals surface area contributed by atoms with Gasteiger partial charge in [-0.05, 0) is 12.1 Å². The highest BCUT2D eigenvalue weighted by molar-refractivity contribution is 5.91. The minimum atomic E-state index is 0.162. The van der Waals surface area contributed by atoms with Crippen molar-refractivity contribution in [3.63, 3.8) is 0 Å². The van der Waals surface area contributed by atoms with E-state index >= 15 is 0 Å². The molecule has 0 aliphatic carbocycles. The number of phenols is 1. The van der Waals surface area contributed by atoms with Crippen LogP contribution in [0.15, 0.2) is 18.2 Å². The molecular weight excluding hydrogens is 216 g/mol. The number of quaternary nitrogens is 1. The largest absolute Gasteiger partial charge is 0.507 e. The minimum absolute atomic E-state index is 0.162. The van der Waals surface area contributed by atoms with Gasteiger partial charge in [0.25, 0.3) is 0 Å². The maximum absolute atomic E-state index is 9.88. The topological polar surface area (TPSA) is 56.2 Å². The van der Waals surface area contributed by atoms with Gasteiger partial charge in [0.1, 0.15) is 5.75 Å². The van der Waals surface area contributed by atoms with Gasteiger partial charge in [-0.15, -0.1) is 0 Å². The van der Waals surface area contributed by atoms with Crippen molar-refractivity contribution in [3.05, 3.63) is 23.8 Å². The maximum Gasteiger partial charge on any atom is 0.193 e. The van der Waals surface area contributed by atoms with Crippen LogP contribution in [-0.2, 0) is 6.42 Å². The Kier molecular flexibility index (Phi) is 2.75. The van der Waals surface area contributed by atoms with E-state index < -0.39 is 0 Å². The van der Waals surface area contributed by atoms with Crippen molar-refractivity contribution in [2.45, 2.75) is 6.42 Å². The van der Waals surface area contributed by atoms with Gasteiger partial charge in [-0.25, -0.2) is 0 Å². The first-order valence-corrected chi connectivity index (χ1v) is 5.70. The molecule has 4 nitrogen and oxygen atoms in total. The van der Waals surface area contributed by atoms with E-state index in [0.29, 0.717) is 0 Å². The Morgan fingerprint density at radius 3 is 2.53 bits per heavy atom. The van der Waals surface area contributed by atoms with Crippen molar-refractivity contribution in [3.8, 4) is 11.6 Å². The zero-order valence-electron chi connectivity index (χ0n) is 10.5. The Morgan fingerprint density at radius 2 is 1.88 bits per heavy atom. The summed E-state index contributed by atoms with van der Waals surface area (Å²) in [6.07, 6.45) is 0.729. The van der Waals surface area contributed by atoms with E-state index in [1.807, 2.05) is 6.07 Å². The molecule has 1 aromatic carbocycles. The lowest BCUT2D eigenvalue weighted by Crippen LogP contribution is -2.36. The van der Waals surface area contributed by atoms with E-state index in [1.54, 1.807) is 12.1 Å². The SMILES string of the molecule is C[N+](C)(C)CCc1c(O)[nH]c2cccc(O)c12. The molecule has 4 heteroatoms. The smallest absolute Gasteiger partial charge is 0.193 e. The number of benzene rings is 1. The van der Waals surface area contributed by atoms with Gasteiger partial charge in [-0.3, -0.25) is 0 Å². The van der Waals surface area contributed by atoms with Gasteiger partial charge in [-0.2, -0.15) is 0 Å². The first-order valence-electron chi connectivity index (χ1n) is 5.70. The number of aromatic amines is 1. The highest BCUT2D eigenvalue weighted by atomic mass is 16.3. The number of nitrogens with one attached hydrogen (secondary N) is 1. The summed E-state index contributed by atoms with van der Waals surface area (Å²) in [6.45, 7) is 0.898. The van der Waals surface area contributed by atoms with Gasteiger partial charge in [0.15, 0.2) is 5.88 Å². The van der Waals surface area contributed by atoms with Crippen LogP contribution in [0.5, 0.6) is 11.6 Å². The quantitative estimate of drug-likeness (QED) is 0.711. The molecule has 0 aliphatic heterocycles. The van der Waals surface area contributed by atoms with Crippen molar-refractivity contribution in [2.24, 2.45) is 0 Å². The second-order valence-corrected chi connectivity index (χ2v) is 5.42. The predicted molar refractivity (Wildman–Crippen MR) is 68.2 cm³/mol. The average molecular weight is 235 g/mol. The number of likely N-dealkylation sites (N-methyl/N-ethyl adjacent to an activating group) is 1. The predicted octanol–water partition coefficient (Wildman–Crippen LogP) is 1.83. The lowest BCUT2D eigenvalue weighted by molar-refractivity contribution is -0.870. The number of fused-ring (bicyclic) bond motifs is 1. The number of hydrogen-bond donors (Lipinski definition) is 3. The van der Waals surface area contributed by atoms with Gasteiger partial charge in [-0.1, -0.05) is 6.07 Å². The highest BCUT2D eigenvalue weighted by Gasteiger charge is 2.16. The Balaban J connectivity index is 2.42. The van der Waals surface area contributed by atoms with E-state index in [0.717, 1.165) is 33.9 Å². The molecule has 0 saturated heterocycles. The first kappa shape index (κ1) is 11.8. The summed E-state index contributed by atoms with van der Waals surface area (Å²) < 4.78 is 0.819. The summed E-state index contributed by atoms with van der Waals surface area (Å²) in [6, 6.07) is 5.26. The minimum Gasteiger partial charge on any atom is -0.507 e. The van der Waals surface area contributed by atoms with Crippen LogP contribution in [0.4, 0.5) is 0 Å². The van der Waals surface area contributed by atoms with E-state index in [-0.39, 0.29) is 11.6 Å². The fourth-order valence-electron chi connectivity index (χ4n) is 1.97. The molecule has 0 radical (unpaired) electrons. The molecule has 0 fully saturated rings. The van der Waals surface area contributed by atoms with E-state index in [9.17, 15) is 10.2 Å². The summed E-state index contributed by atoms with van der Waals surface area (Å²) in [4.78, 5) is 2.89. The molecule has 3 N–H and O–H groups in total. The van der Waals surface area contributed by atoms with Gasteiger partial charge < -0.3 is 19.7 Å². The summed E-state index contributed by atoms with van der Waals surface area (Å²) in [7, 11) is 6.31. The van der Waals surface area contributed by atoms with E-state index in [4.69, 9.17) is 0 Å². The molecular formula is C13H19N2O2+. The fourth-order valence-corrected chi connectivity index (χ4v) is 1.97. The van der Waals surface area contributed by atoms with Crippen LogP contribution in [0.3, 0.4) is 0 Å². The molecule has 0 atom stereocenters. The normalized spacial score (nSPS) is 12.2.